The van der Waals surface area contributed by atoms with Crippen molar-refractivity contribution in [3.63, 3.8) is 0 Å². The minimum absolute atomic E-state index is 0.146. The van der Waals surface area contributed by atoms with Crippen LogP contribution in [0.15, 0.2) is 24.4 Å². The van der Waals surface area contributed by atoms with Crippen LogP contribution in [-0.2, 0) is 5.54 Å². The summed E-state index contributed by atoms with van der Waals surface area (Å²) in [6, 6.07) is 3.28. The zero-order valence-electron chi connectivity index (χ0n) is 9.59. The second-order valence-corrected chi connectivity index (χ2v) is 4.49. The minimum Gasteiger partial charge on any atom is -0.340 e. The topological polar surface area (TPSA) is 54.7 Å². The molecule has 0 bridgehead atoms. The molecule has 1 aromatic heterocycles. The van der Waals surface area contributed by atoms with Crippen molar-refractivity contribution in [3.05, 3.63) is 41.9 Å². The summed E-state index contributed by atoms with van der Waals surface area (Å²) >= 11 is 0. The van der Waals surface area contributed by atoms with Crippen molar-refractivity contribution in [1.29, 1.82) is 0 Å². The third-order valence-electron chi connectivity index (χ3n) is 2.40. The maximum absolute atomic E-state index is 13.5. The number of halogens is 2. The third-order valence-corrected chi connectivity index (χ3v) is 2.40. The van der Waals surface area contributed by atoms with Gasteiger partial charge in [-0.2, -0.15) is 0 Å². The second-order valence-electron chi connectivity index (χ2n) is 4.49. The lowest BCUT2D eigenvalue weighted by molar-refractivity contribution is 0.520. The van der Waals surface area contributed by atoms with E-state index in [-0.39, 0.29) is 5.56 Å². The molecule has 0 aliphatic heterocycles. The van der Waals surface area contributed by atoms with Crippen molar-refractivity contribution < 1.29 is 8.78 Å². The Hall–Kier alpha value is -1.75. The lowest BCUT2D eigenvalue weighted by Gasteiger charge is -2.14. The Kier molecular flexibility index (Phi) is 2.71. The number of nitrogens with zero attached hydrogens (tertiary/aromatic N) is 1. The molecule has 1 heterocycles. The van der Waals surface area contributed by atoms with E-state index in [1.54, 1.807) is 13.8 Å². The van der Waals surface area contributed by atoms with Crippen LogP contribution in [0.3, 0.4) is 0 Å². The molecule has 0 fully saturated rings. The molecular weight excluding hydrogens is 224 g/mol. The summed E-state index contributed by atoms with van der Waals surface area (Å²) in [4.78, 5) is 6.96. The van der Waals surface area contributed by atoms with Crippen LogP contribution in [0.25, 0.3) is 11.3 Å². The van der Waals surface area contributed by atoms with E-state index in [4.69, 9.17) is 5.73 Å². The average molecular weight is 237 g/mol. The van der Waals surface area contributed by atoms with Gasteiger partial charge in [-0.3, -0.25) is 0 Å². The van der Waals surface area contributed by atoms with Gasteiger partial charge in [0, 0.05) is 5.56 Å². The largest absolute Gasteiger partial charge is 0.340 e. The van der Waals surface area contributed by atoms with Crippen LogP contribution in [0, 0.1) is 11.6 Å². The molecule has 2 rings (SSSR count). The molecule has 0 saturated carbocycles. The van der Waals surface area contributed by atoms with Gasteiger partial charge in [-0.15, -0.1) is 0 Å². The Bertz CT molecular complexity index is 541. The maximum atomic E-state index is 13.5. The molecule has 3 nitrogen and oxygen atoms in total. The fourth-order valence-corrected chi connectivity index (χ4v) is 1.49. The Balaban J connectivity index is 2.47. The highest BCUT2D eigenvalue weighted by Crippen LogP contribution is 2.24. The lowest BCUT2D eigenvalue weighted by atomic mass is 10.1. The molecule has 0 saturated heterocycles. The zero-order chi connectivity index (χ0) is 12.6. The van der Waals surface area contributed by atoms with E-state index < -0.39 is 17.2 Å². The number of benzene rings is 1. The Labute approximate surface area is 97.7 Å². The molecule has 0 atom stereocenters. The average Bonchev–Trinajstić information content (AvgIpc) is 2.70. The van der Waals surface area contributed by atoms with Crippen LogP contribution < -0.4 is 5.73 Å². The number of imidazole rings is 1. The SMILES string of the molecule is CC(C)(N)c1ncc(-c2cc(F)ccc2F)[nH]1. The molecular formula is C12H13F2N3. The fraction of sp³-hybridized carbons (Fsp3) is 0.250. The van der Waals surface area contributed by atoms with Gasteiger partial charge in [0.2, 0.25) is 0 Å². The number of hydrogen-bond donors (Lipinski definition) is 2. The van der Waals surface area contributed by atoms with Crippen LogP contribution in [0.1, 0.15) is 19.7 Å². The number of hydrogen-bond acceptors (Lipinski definition) is 2. The van der Waals surface area contributed by atoms with Gasteiger partial charge in [-0.1, -0.05) is 0 Å². The molecule has 3 N–H and O–H groups in total. The van der Waals surface area contributed by atoms with Crippen molar-refractivity contribution in [1.82, 2.24) is 9.97 Å². The van der Waals surface area contributed by atoms with Gasteiger partial charge in [0.15, 0.2) is 0 Å². The van der Waals surface area contributed by atoms with Crippen LogP contribution >= 0.6 is 0 Å². The molecule has 5 heteroatoms. The Morgan fingerprint density at radius 2 is 2.00 bits per heavy atom. The van der Waals surface area contributed by atoms with E-state index in [1.807, 2.05) is 0 Å². The van der Waals surface area contributed by atoms with Gasteiger partial charge in [0.1, 0.15) is 17.5 Å². The van der Waals surface area contributed by atoms with Crippen LogP contribution in [0.5, 0.6) is 0 Å². The van der Waals surface area contributed by atoms with E-state index in [9.17, 15) is 8.78 Å². The first kappa shape index (κ1) is 11.7. The molecule has 90 valence electrons. The minimum atomic E-state index is -0.651. The quantitative estimate of drug-likeness (QED) is 0.843. The highest BCUT2D eigenvalue weighted by atomic mass is 19.1. The third kappa shape index (κ3) is 2.34. The summed E-state index contributed by atoms with van der Waals surface area (Å²) in [7, 11) is 0. The number of rotatable bonds is 2. The molecule has 0 aliphatic carbocycles. The molecule has 1 aromatic carbocycles. The smallest absolute Gasteiger partial charge is 0.132 e. The van der Waals surface area contributed by atoms with Crippen LogP contribution in [-0.4, -0.2) is 9.97 Å². The molecule has 0 radical (unpaired) electrons. The molecule has 17 heavy (non-hydrogen) atoms. The number of nitrogens with one attached hydrogen (secondary N) is 1. The number of aromatic amines is 1. The van der Waals surface area contributed by atoms with Gasteiger partial charge in [-0.25, -0.2) is 13.8 Å². The first-order valence-electron chi connectivity index (χ1n) is 5.18. The summed E-state index contributed by atoms with van der Waals surface area (Å²) in [6.45, 7) is 3.55. The number of nitrogens with two attached hydrogens (primary N) is 1. The highest BCUT2D eigenvalue weighted by Gasteiger charge is 2.19. The van der Waals surface area contributed by atoms with Gasteiger partial charge in [0.05, 0.1) is 17.4 Å². The normalized spacial score (nSPS) is 11.8. The highest BCUT2D eigenvalue weighted by molar-refractivity contribution is 5.59. The van der Waals surface area contributed by atoms with E-state index in [2.05, 4.69) is 9.97 Å². The fourth-order valence-electron chi connectivity index (χ4n) is 1.49. The molecule has 0 spiro atoms. The maximum Gasteiger partial charge on any atom is 0.132 e. The van der Waals surface area contributed by atoms with Gasteiger partial charge < -0.3 is 10.7 Å². The van der Waals surface area contributed by atoms with E-state index in [0.717, 1.165) is 18.2 Å². The standard InChI is InChI=1S/C12H13F2N3/c1-12(2,15)11-16-6-10(17-11)8-5-7(13)3-4-9(8)14/h3-6H,15H2,1-2H3,(H,16,17). The summed E-state index contributed by atoms with van der Waals surface area (Å²) in [5.41, 5.74) is 5.76. The van der Waals surface area contributed by atoms with Crippen molar-refractivity contribution >= 4 is 0 Å². The second kappa shape index (κ2) is 3.92. The Morgan fingerprint density at radius 1 is 1.29 bits per heavy atom. The van der Waals surface area contributed by atoms with E-state index in [1.165, 1.54) is 6.20 Å². The van der Waals surface area contributed by atoms with Crippen molar-refractivity contribution in [2.45, 2.75) is 19.4 Å². The van der Waals surface area contributed by atoms with E-state index in [0.29, 0.717) is 11.5 Å². The summed E-state index contributed by atoms with van der Waals surface area (Å²) < 4.78 is 26.6. The van der Waals surface area contributed by atoms with E-state index >= 15 is 0 Å². The van der Waals surface area contributed by atoms with Crippen molar-refractivity contribution in [2.75, 3.05) is 0 Å². The Morgan fingerprint density at radius 3 is 2.59 bits per heavy atom. The molecule has 2 aromatic rings. The molecule has 0 unspecified atom stereocenters. The van der Waals surface area contributed by atoms with Crippen molar-refractivity contribution in [2.24, 2.45) is 5.73 Å². The summed E-state index contributed by atoms with van der Waals surface area (Å²) in [5, 5.41) is 0. The zero-order valence-corrected chi connectivity index (χ0v) is 9.59. The predicted octanol–water partition coefficient (Wildman–Crippen LogP) is 2.55. The molecule has 0 amide bonds. The molecule has 0 aliphatic rings. The van der Waals surface area contributed by atoms with Gasteiger partial charge >= 0.3 is 0 Å². The monoisotopic (exact) mass is 237 g/mol. The number of aromatic nitrogens is 2. The predicted molar refractivity (Wildman–Crippen MR) is 61.2 cm³/mol. The first-order chi connectivity index (χ1) is 7.88. The van der Waals surface area contributed by atoms with Crippen molar-refractivity contribution in [3.8, 4) is 11.3 Å². The summed E-state index contributed by atoms with van der Waals surface area (Å²) in [6.07, 6.45) is 1.45. The summed E-state index contributed by atoms with van der Waals surface area (Å²) in [5.74, 6) is -0.475. The first-order valence-corrected chi connectivity index (χ1v) is 5.18. The van der Waals surface area contributed by atoms with Gasteiger partial charge in [0.25, 0.3) is 0 Å². The van der Waals surface area contributed by atoms with Crippen LogP contribution in [0.2, 0.25) is 0 Å². The number of H-pyrrole nitrogens is 1. The lowest BCUT2D eigenvalue weighted by Crippen LogP contribution is -2.30. The van der Waals surface area contributed by atoms with Gasteiger partial charge in [-0.05, 0) is 32.0 Å². The van der Waals surface area contributed by atoms with Crippen LogP contribution in [0.4, 0.5) is 8.78 Å².